The van der Waals surface area contributed by atoms with Gasteiger partial charge in [0.25, 0.3) is 0 Å². The van der Waals surface area contributed by atoms with E-state index in [1.165, 1.54) is 6.07 Å². The molecule has 162 valence electrons. The fourth-order valence-electron chi connectivity index (χ4n) is 3.90. The highest BCUT2D eigenvalue weighted by Gasteiger charge is 2.30. The minimum Gasteiger partial charge on any atom is -0.444 e. The molecule has 1 aromatic rings. The number of ether oxygens (including phenoxy) is 1. The lowest BCUT2D eigenvalue weighted by Crippen LogP contribution is -2.53. The molecule has 0 radical (unpaired) electrons. The van der Waals surface area contributed by atoms with Crippen LogP contribution < -0.4 is 10.6 Å². The fraction of sp³-hybridized carbons (Fsp3) is 0.667. The van der Waals surface area contributed by atoms with Crippen LogP contribution in [0, 0.1) is 5.82 Å². The number of likely N-dealkylation sites (tertiary alicyclic amines) is 1. The summed E-state index contributed by atoms with van der Waals surface area (Å²) in [6, 6.07) is 4.76. The van der Waals surface area contributed by atoms with Crippen LogP contribution in [0.1, 0.15) is 57.9 Å². The summed E-state index contributed by atoms with van der Waals surface area (Å²) in [6.45, 7) is 6.61. The van der Waals surface area contributed by atoms with E-state index in [0.29, 0.717) is 50.0 Å². The molecule has 7 nitrogen and oxygen atoms in total. The number of piperidine rings is 2. The van der Waals surface area contributed by atoms with Crippen LogP contribution in [-0.4, -0.2) is 58.4 Å². The van der Waals surface area contributed by atoms with Gasteiger partial charge in [0.2, 0.25) is 0 Å². The number of anilines is 1. The molecule has 4 N–H and O–H groups in total. The number of carbonyl (C=O) groups excluding carboxylic acids is 1. The number of hydrogen-bond acceptors (Lipinski definition) is 6. The molecule has 0 spiro atoms. The van der Waals surface area contributed by atoms with Crippen LogP contribution in [-0.2, 0) is 4.74 Å². The predicted octanol–water partition coefficient (Wildman–Crippen LogP) is 2.74. The van der Waals surface area contributed by atoms with Crippen molar-refractivity contribution in [1.82, 2.24) is 10.2 Å². The van der Waals surface area contributed by atoms with Crippen molar-refractivity contribution in [2.45, 2.75) is 76.5 Å². The molecule has 0 saturated carbocycles. The smallest absolute Gasteiger partial charge is 0.410 e. The van der Waals surface area contributed by atoms with Crippen molar-refractivity contribution in [3.63, 3.8) is 0 Å². The van der Waals surface area contributed by atoms with Crippen LogP contribution >= 0.6 is 0 Å². The van der Waals surface area contributed by atoms with Crippen molar-refractivity contribution in [3.05, 3.63) is 29.6 Å². The molecular formula is C21H32FN3O4. The summed E-state index contributed by atoms with van der Waals surface area (Å²) in [5, 5.41) is 25.3. The van der Waals surface area contributed by atoms with E-state index in [2.05, 4.69) is 10.6 Å². The second-order valence-electron chi connectivity index (χ2n) is 8.93. The molecule has 2 aliphatic rings. The number of rotatable bonds is 3. The van der Waals surface area contributed by atoms with Crippen molar-refractivity contribution in [2.75, 3.05) is 18.4 Å². The van der Waals surface area contributed by atoms with Gasteiger partial charge in [-0.15, -0.1) is 0 Å². The molecule has 3 unspecified atom stereocenters. The monoisotopic (exact) mass is 409 g/mol. The number of halogens is 1. The Bertz CT molecular complexity index is 716. The Morgan fingerprint density at radius 1 is 1.21 bits per heavy atom. The van der Waals surface area contributed by atoms with Crippen LogP contribution in [0.5, 0.6) is 0 Å². The van der Waals surface area contributed by atoms with Crippen molar-refractivity contribution in [1.29, 1.82) is 0 Å². The molecule has 8 heteroatoms. The summed E-state index contributed by atoms with van der Waals surface area (Å²) in [5.74, 6) is -0.233. The lowest BCUT2D eigenvalue weighted by atomic mass is 9.89. The third kappa shape index (κ3) is 5.81. The van der Waals surface area contributed by atoms with Crippen LogP contribution in [0.3, 0.4) is 0 Å². The Hall–Kier alpha value is -1.90. The number of nitrogens with one attached hydrogen (secondary N) is 2. The van der Waals surface area contributed by atoms with Crippen molar-refractivity contribution >= 4 is 11.8 Å². The maximum absolute atomic E-state index is 14.8. The van der Waals surface area contributed by atoms with Crippen LogP contribution in [0.25, 0.3) is 0 Å². The number of hydrogen-bond donors (Lipinski definition) is 4. The molecule has 0 bridgehead atoms. The van der Waals surface area contributed by atoms with E-state index in [1.807, 2.05) is 26.8 Å². The van der Waals surface area contributed by atoms with Gasteiger partial charge >= 0.3 is 6.09 Å². The highest BCUT2D eigenvalue weighted by atomic mass is 19.1. The first kappa shape index (κ1) is 21.8. The minimum absolute atomic E-state index is 0.0554. The standard InChI is InChI=1S/C21H32FN3O4/c1-21(2,3)29-20(28)25-10-8-13(9-11-25)15-5-4-14(12-16(15)22)23-17-6-7-18(26)24-19(17)27/h4-5,12-13,17-19,23-24,26-27H,6-11H2,1-3H3. The maximum Gasteiger partial charge on any atom is 0.410 e. The molecule has 29 heavy (non-hydrogen) atoms. The molecule has 3 rings (SSSR count). The number of carbonyl (C=O) groups is 1. The summed E-state index contributed by atoms with van der Waals surface area (Å²) < 4.78 is 20.2. The van der Waals surface area contributed by atoms with Gasteiger partial charge in [0, 0.05) is 18.8 Å². The number of aliphatic hydroxyl groups excluding tert-OH is 2. The van der Waals surface area contributed by atoms with E-state index < -0.39 is 18.1 Å². The minimum atomic E-state index is -0.890. The van der Waals surface area contributed by atoms with Gasteiger partial charge in [0.15, 0.2) is 0 Å². The number of nitrogens with zero attached hydrogens (tertiary/aromatic N) is 1. The van der Waals surface area contributed by atoms with Crippen molar-refractivity contribution in [3.8, 4) is 0 Å². The predicted molar refractivity (Wildman–Crippen MR) is 108 cm³/mol. The molecule has 2 heterocycles. The zero-order valence-corrected chi connectivity index (χ0v) is 17.3. The molecule has 2 saturated heterocycles. The average Bonchev–Trinajstić information content (AvgIpc) is 2.63. The van der Waals surface area contributed by atoms with E-state index in [-0.39, 0.29) is 23.9 Å². The Morgan fingerprint density at radius 3 is 2.48 bits per heavy atom. The first-order valence-electron chi connectivity index (χ1n) is 10.3. The van der Waals surface area contributed by atoms with E-state index in [9.17, 15) is 19.4 Å². The number of benzene rings is 1. The molecule has 1 amide bonds. The number of aliphatic hydroxyl groups is 2. The lowest BCUT2D eigenvalue weighted by molar-refractivity contribution is -0.00341. The quantitative estimate of drug-likeness (QED) is 0.613. The molecular weight excluding hydrogens is 377 g/mol. The second-order valence-corrected chi connectivity index (χ2v) is 8.93. The number of amides is 1. The summed E-state index contributed by atoms with van der Waals surface area (Å²) in [6.07, 6.45) is 0.555. The zero-order valence-electron chi connectivity index (χ0n) is 17.3. The Kier molecular flexibility index (Phi) is 6.65. The normalized spacial score (nSPS) is 26.3. The average molecular weight is 410 g/mol. The van der Waals surface area contributed by atoms with Gasteiger partial charge in [-0.3, -0.25) is 5.32 Å². The molecule has 2 fully saturated rings. The van der Waals surface area contributed by atoms with Gasteiger partial charge in [-0.05, 0) is 70.1 Å². The Morgan fingerprint density at radius 2 is 1.90 bits per heavy atom. The summed E-state index contributed by atoms with van der Waals surface area (Å²) in [7, 11) is 0. The second kappa shape index (κ2) is 8.85. The Balaban J connectivity index is 1.56. The van der Waals surface area contributed by atoms with Crippen LogP contribution in [0.15, 0.2) is 18.2 Å². The lowest BCUT2D eigenvalue weighted by Gasteiger charge is -2.34. The third-order valence-corrected chi connectivity index (χ3v) is 5.43. The van der Waals surface area contributed by atoms with Crippen LogP contribution in [0.2, 0.25) is 0 Å². The van der Waals surface area contributed by atoms with E-state index in [0.717, 1.165) is 0 Å². The van der Waals surface area contributed by atoms with Gasteiger partial charge < -0.3 is 25.2 Å². The van der Waals surface area contributed by atoms with E-state index in [4.69, 9.17) is 4.74 Å². The molecule has 0 aliphatic carbocycles. The first-order chi connectivity index (χ1) is 13.6. The highest BCUT2D eigenvalue weighted by molar-refractivity contribution is 5.68. The summed E-state index contributed by atoms with van der Waals surface area (Å²) in [5.41, 5.74) is 0.722. The van der Waals surface area contributed by atoms with Gasteiger partial charge in [-0.2, -0.15) is 0 Å². The molecule has 3 atom stereocenters. The van der Waals surface area contributed by atoms with Gasteiger partial charge in [0.1, 0.15) is 23.9 Å². The fourth-order valence-corrected chi connectivity index (χ4v) is 3.90. The van der Waals surface area contributed by atoms with E-state index in [1.54, 1.807) is 11.0 Å². The molecule has 1 aromatic carbocycles. The first-order valence-corrected chi connectivity index (χ1v) is 10.3. The van der Waals surface area contributed by atoms with Gasteiger partial charge in [0.05, 0.1) is 6.04 Å². The highest BCUT2D eigenvalue weighted by Crippen LogP contribution is 2.32. The zero-order chi connectivity index (χ0) is 21.2. The SMILES string of the molecule is CC(C)(C)OC(=O)N1CCC(c2ccc(NC3CCC(O)NC3O)cc2F)CC1. The topological polar surface area (TPSA) is 94.1 Å². The van der Waals surface area contributed by atoms with Crippen molar-refractivity contribution in [2.24, 2.45) is 0 Å². The van der Waals surface area contributed by atoms with Gasteiger partial charge in [-0.25, -0.2) is 9.18 Å². The molecule has 0 aromatic heterocycles. The Labute approximate surface area is 171 Å². The maximum atomic E-state index is 14.8. The third-order valence-electron chi connectivity index (χ3n) is 5.43. The summed E-state index contributed by atoms with van der Waals surface area (Å²) >= 11 is 0. The molecule has 2 aliphatic heterocycles. The van der Waals surface area contributed by atoms with E-state index >= 15 is 0 Å². The van der Waals surface area contributed by atoms with Crippen LogP contribution in [0.4, 0.5) is 14.9 Å². The largest absolute Gasteiger partial charge is 0.444 e. The summed E-state index contributed by atoms with van der Waals surface area (Å²) in [4.78, 5) is 13.9. The van der Waals surface area contributed by atoms with Gasteiger partial charge in [-0.1, -0.05) is 6.07 Å². The van der Waals surface area contributed by atoms with Crippen molar-refractivity contribution < 1.29 is 24.1 Å².